The summed E-state index contributed by atoms with van der Waals surface area (Å²) in [5.41, 5.74) is 2.93. The first-order valence-corrected chi connectivity index (χ1v) is 30.8. The van der Waals surface area contributed by atoms with Crippen molar-refractivity contribution >= 4 is 25.0 Å². The third-order valence-electron chi connectivity index (χ3n) is 15.5. The molecule has 0 spiro atoms. The molecule has 3 fully saturated rings. The first-order valence-electron chi connectivity index (χ1n) is 22.0. The van der Waals surface area contributed by atoms with Crippen LogP contribution in [0.5, 0.6) is 0 Å². The fourth-order valence-electron chi connectivity index (χ4n) is 8.95. The standard InChI is InChI=1S/C46H90O5Si3/c1-34(22-20-28-45(11,12)47)37-26-27-38-36(23-21-29-46(37,38)13)25-24-35-32-39(50-53(16,17)43(5,6)7)41(40(33-35)51-54(18,19)44(8,9)10)48-30-31-49-52(14,15)42(2,3)4/h24-25,34,37-41,47H,20-23,26-33H2,1-19H3/b35-24?,36-25+/t34-,37?,38?,39+,40+,41?,46?/m0/s1. The maximum Gasteiger partial charge on any atom is 0.192 e. The van der Waals surface area contributed by atoms with E-state index in [1.807, 2.05) is 13.8 Å². The summed E-state index contributed by atoms with van der Waals surface area (Å²) in [6.07, 6.45) is 16.3. The minimum absolute atomic E-state index is 0.0517. The molecule has 3 aliphatic carbocycles. The van der Waals surface area contributed by atoms with Crippen LogP contribution in [0.4, 0.5) is 0 Å². The molecule has 3 aliphatic rings. The number of hydrogen-bond acceptors (Lipinski definition) is 5. The van der Waals surface area contributed by atoms with E-state index in [4.69, 9.17) is 18.0 Å². The number of aliphatic hydroxyl groups is 1. The lowest BCUT2D eigenvalue weighted by molar-refractivity contribution is -0.105. The topological polar surface area (TPSA) is 57.2 Å². The Morgan fingerprint density at radius 3 is 1.76 bits per heavy atom. The third kappa shape index (κ3) is 12.2. The Morgan fingerprint density at radius 2 is 1.28 bits per heavy atom. The van der Waals surface area contributed by atoms with Gasteiger partial charge in [-0.25, -0.2) is 0 Å². The summed E-state index contributed by atoms with van der Waals surface area (Å²) in [4.78, 5) is 0. The van der Waals surface area contributed by atoms with Crippen LogP contribution in [0.1, 0.15) is 154 Å². The van der Waals surface area contributed by atoms with Gasteiger partial charge in [-0.15, -0.1) is 0 Å². The van der Waals surface area contributed by atoms with Crippen LogP contribution in [0.25, 0.3) is 0 Å². The Morgan fingerprint density at radius 1 is 0.759 bits per heavy atom. The molecule has 1 N–H and O–H groups in total. The number of allylic oxidation sites excluding steroid dienone is 3. The molecule has 3 saturated carbocycles. The predicted molar refractivity (Wildman–Crippen MR) is 240 cm³/mol. The van der Waals surface area contributed by atoms with Gasteiger partial charge in [0.25, 0.3) is 0 Å². The van der Waals surface area contributed by atoms with Crippen molar-refractivity contribution in [3.8, 4) is 0 Å². The Labute approximate surface area is 339 Å². The smallest absolute Gasteiger partial charge is 0.192 e. The molecular weight excluding hydrogens is 717 g/mol. The highest BCUT2D eigenvalue weighted by molar-refractivity contribution is 6.75. The zero-order valence-corrected chi connectivity index (χ0v) is 42.2. The minimum Gasteiger partial charge on any atom is -0.414 e. The fraction of sp³-hybridized carbons (Fsp3) is 0.913. The minimum atomic E-state index is -2.12. The van der Waals surface area contributed by atoms with Crippen molar-refractivity contribution < 1.29 is 23.1 Å². The zero-order valence-electron chi connectivity index (χ0n) is 39.2. The van der Waals surface area contributed by atoms with Crippen molar-refractivity contribution in [3.05, 3.63) is 23.3 Å². The average molecular weight is 807 g/mol. The van der Waals surface area contributed by atoms with Crippen LogP contribution in [0.2, 0.25) is 54.4 Å². The van der Waals surface area contributed by atoms with Crippen molar-refractivity contribution in [1.82, 2.24) is 0 Å². The molecule has 0 heterocycles. The molecule has 8 heteroatoms. The molecule has 0 aliphatic heterocycles. The Kier molecular flexibility index (Phi) is 15.8. The van der Waals surface area contributed by atoms with Crippen LogP contribution in [-0.2, 0) is 18.0 Å². The van der Waals surface area contributed by atoms with Gasteiger partial charge in [-0.2, -0.15) is 0 Å². The highest BCUT2D eigenvalue weighted by Gasteiger charge is 2.51. The van der Waals surface area contributed by atoms with E-state index in [1.54, 1.807) is 5.57 Å². The molecule has 5 nitrogen and oxygen atoms in total. The van der Waals surface area contributed by atoms with Gasteiger partial charge in [-0.05, 0) is 143 Å². The van der Waals surface area contributed by atoms with Gasteiger partial charge in [0.05, 0.1) is 31.0 Å². The Balaban J connectivity index is 1.95. The van der Waals surface area contributed by atoms with E-state index in [9.17, 15) is 5.11 Å². The van der Waals surface area contributed by atoms with Gasteiger partial charge in [0.1, 0.15) is 6.10 Å². The number of rotatable bonds is 15. The lowest BCUT2D eigenvalue weighted by Gasteiger charge is -2.48. The van der Waals surface area contributed by atoms with Gasteiger partial charge in [-0.3, -0.25) is 0 Å². The lowest BCUT2D eigenvalue weighted by atomic mass is 9.60. The maximum absolute atomic E-state index is 10.3. The van der Waals surface area contributed by atoms with Crippen LogP contribution < -0.4 is 0 Å². The van der Waals surface area contributed by atoms with E-state index >= 15 is 0 Å². The van der Waals surface area contributed by atoms with E-state index in [-0.39, 0.29) is 33.4 Å². The summed E-state index contributed by atoms with van der Waals surface area (Å²) in [6, 6.07) is 0. The van der Waals surface area contributed by atoms with Crippen LogP contribution in [0, 0.1) is 23.2 Å². The number of ether oxygens (including phenoxy) is 1. The summed E-state index contributed by atoms with van der Waals surface area (Å²) < 4.78 is 28.3. The second-order valence-electron chi connectivity index (χ2n) is 23.5. The average Bonchev–Trinajstić information content (AvgIpc) is 3.34. The highest BCUT2D eigenvalue weighted by Crippen LogP contribution is 2.60. The van der Waals surface area contributed by atoms with E-state index in [2.05, 4.69) is 128 Å². The van der Waals surface area contributed by atoms with Gasteiger partial charge in [-0.1, -0.05) is 112 Å². The van der Waals surface area contributed by atoms with Gasteiger partial charge in [0.15, 0.2) is 25.0 Å². The molecule has 0 aromatic heterocycles. The Bertz CT molecular complexity index is 1230. The summed E-state index contributed by atoms with van der Waals surface area (Å²) in [6.45, 7) is 45.4. The largest absolute Gasteiger partial charge is 0.414 e. The van der Waals surface area contributed by atoms with Crippen molar-refractivity contribution in [2.75, 3.05) is 13.2 Å². The second-order valence-corrected chi connectivity index (χ2v) is 37.9. The quantitative estimate of drug-likeness (QED) is 0.132. The van der Waals surface area contributed by atoms with E-state index < -0.39 is 30.6 Å². The third-order valence-corrected chi connectivity index (χ3v) is 29.1. The molecule has 316 valence electrons. The number of hydrogen-bond donors (Lipinski definition) is 1. The van der Waals surface area contributed by atoms with Gasteiger partial charge in [0, 0.05) is 0 Å². The molecule has 3 unspecified atom stereocenters. The van der Waals surface area contributed by atoms with E-state index in [1.165, 1.54) is 44.1 Å². The summed E-state index contributed by atoms with van der Waals surface area (Å²) in [5, 5.41) is 10.7. The first kappa shape index (κ1) is 48.3. The normalized spacial score (nSPS) is 29.4. The maximum atomic E-state index is 10.3. The molecule has 0 amide bonds. The van der Waals surface area contributed by atoms with Gasteiger partial charge in [0.2, 0.25) is 0 Å². The second kappa shape index (κ2) is 17.6. The van der Waals surface area contributed by atoms with Crippen molar-refractivity contribution in [3.63, 3.8) is 0 Å². The van der Waals surface area contributed by atoms with Gasteiger partial charge < -0.3 is 23.1 Å². The molecule has 0 bridgehead atoms. The van der Waals surface area contributed by atoms with Gasteiger partial charge >= 0.3 is 0 Å². The fourth-order valence-corrected chi connectivity index (χ4v) is 12.6. The van der Waals surface area contributed by atoms with Crippen LogP contribution in [-0.4, -0.2) is 67.2 Å². The highest BCUT2D eigenvalue weighted by atomic mass is 28.4. The summed E-state index contributed by atoms with van der Waals surface area (Å²) in [5.74, 6) is 2.13. The molecule has 0 radical (unpaired) electrons. The molecule has 6 atom stereocenters. The van der Waals surface area contributed by atoms with E-state index in [0.717, 1.165) is 31.6 Å². The van der Waals surface area contributed by atoms with Crippen molar-refractivity contribution in [1.29, 1.82) is 0 Å². The van der Waals surface area contributed by atoms with E-state index in [0.29, 0.717) is 30.5 Å². The first-order chi connectivity index (χ1) is 24.3. The molecular formula is C46H90O5Si3. The number of fused-ring (bicyclic) bond motifs is 1. The molecule has 3 rings (SSSR count). The molecule has 54 heavy (non-hydrogen) atoms. The molecule has 0 saturated heterocycles. The summed E-state index contributed by atoms with van der Waals surface area (Å²) in [7, 11) is -6.12. The SMILES string of the molecule is C[C@@H](CCCC(C)(C)O)C1CCC2/C(=C/C=C3C[C@@H](O[Si](C)(C)C(C)(C)C)C(OCCO[Si](C)(C)C(C)(C)C)[C@H](O[Si](C)(C)C(C)(C)C)C3)CCCC21C. The molecule has 0 aromatic carbocycles. The van der Waals surface area contributed by atoms with Crippen LogP contribution in [0.15, 0.2) is 23.3 Å². The summed E-state index contributed by atoms with van der Waals surface area (Å²) >= 11 is 0. The van der Waals surface area contributed by atoms with Crippen LogP contribution in [0.3, 0.4) is 0 Å². The van der Waals surface area contributed by atoms with Crippen molar-refractivity contribution in [2.24, 2.45) is 23.2 Å². The molecule has 0 aromatic rings. The van der Waals surface area contributed by atoms with Crippen LogP contribution >= 0.6 is 0 Å². The Hall–Kier alpha value is -0.0694. The lowest BCUT2D eigenvalue weighted by Crippen LogP contribution is -2.56. The van der Waals surface area contributed by atoms with Crippen molar-refractivity contribution in [2.45, 2.75) is 233 Å². The monoisotopic (exact) mass is 807 g/mol. The zero-order chi connectivity index (χ0) is 41.3. The predicted octanol–water partition coefficient (Wildman–Crippen LogP) is 13.6.